The second-order valence-corrected chi connectivity index (χ2v) is 8.90. The van der Waals surface area contributed by atoms with Crippen LogP contribution in [0.5, 0.6) is 5.75 Å². The molecule has 2 aromatic carbocycles. The Morgan fingerprint density at radius 3 is 2.00 bits per heavy atom. The molecule has 5 nitrogen and oxygen atoms in total. The van der Waals surface area contributed by atoms with Gasteiger partial charge in [-0.3, -0.25) is 0 Å². The number of carbonyl (C=O) groups excluding carboxylic acids is 1. The third-order valence-corrected chi connectivity index (χ3v) is 6.05. The highest BCUT2D eigenvalue weighted by Gasteiger charge is 2.15. The molecule has 1 atom stereocenters. The molecule has 0 aliphatic heterocycles. The van der Waals surface area contributed by atoms with Gasteiger partial charge in [0.2, 0.25) is 0 Å². The van der Waals surface area contributed by atoms with E-state index >= 15 is 0 Å². The highest BCUT2D eigenvalue weighted by atomic mass is 16.6. The maximum Gasteiger partial charge on any atom is 0.347 e. The number of aryl methyl sites for hydroxylation is 1. The maximum absolute atomic E-state index is 11.7. The van der Waals surface area contributed by atoms with Crippen molar-refractivity contribution in [1.29, 1.82) is 0 Å². The van der Waals surface area contributed by atoms with Crippen LogP contribution in [0.25, 0.3) is 22.5 Å². The van der Waals surface area contributed by atoms with Crippen molar-refractivity contribution in [2.45, 2.75) is 78.2 Å². The van der Waals surface area contributed by atoms with Crippen LogP contribution >= 0.6 is 0 Å². The first-order valence-corrected chi connectivity index (χ1v) is 13.0. The highest BCUT2D eigenvalue weighted by Crippen LogP contribution is 2.24. The normalized spacial score (nSPS) is 11.7. The van der Waals surface area contributed by atoms with Crippen molar-refractivity contribution in [2.24, 2.45) is 0 Å². The van der Waals surface area contributed by atoms with E-state index in [1.54, 1.807) is 13.8 Å². The molecule has 0 bridgehead atoms. The summed E-state index contributed by atoms with van der Waals surface area (Å²) >= 11 is 0. The molecule has 1 aromatic heterocycles. The second kappa shape index (κ2) is 14.2. The first-order chi connectivity index (χ1) is 17.1. The van der Waals surface area contributed by atoms with E-state index in [2.05, 4.69) is 41.2 Å². The van der Waals surface area contributed by atoms with Crippen LogP contribution in [-0.2, 0) is 16.0 Å². The maximum atomic E-state index is 11.7. The third-order valence-electron chi connectivity index (χ3n) is 6.05. The summed E-state index contributed by atoms with van der Waals surface area (Å²) in [5, 5.41) is 0. The lowest BCUT2D eigenvalue weighted by molar-refractivity contribution is -0.150. The number of ether oxygens (including phenoxy) is 2. The SMILES string of the molecule is CCCCCCCCCc1ccc(-c2ncc(-c3ccc(O[C@H](C)C(=O)OCC)cc3)cn2)cc1. The Kier molecular flexibility index (Phi) is 10.7. The van der Waals surface area contributed by atoms with Crippen LogP contribution in [0.2, 0.25) is 0 Å². The third kappa shape index (κ3) is 8.50. The van der Waals surface area contributed by atoms with E-state index in [1.165, 1.54) is 50.5 Å². The second-order valence-electron chi connectivity index (χ2n) is 8.90. The van der Waals surface area contributed by atoms with Gasteiger partial charge in [-0.25, -0.2) is 14.8 Å². The minimum Gasteiger partial charge on any atom is -0.479 e. The number of nitrogens with zero attached hydrogens (tertiary/aromatic N) is 2. The zero-order chi connectivity index (χ0) is 24.9. The molecule has 0 saturated heterocycles. The summed E-state index contributed by atoms with van der Waals surface area (Å²) < 4.78 is 10.6. The van der Waals surface area contributed by atoms with Crippen LogP contribution in [0, 0.1) is 0 Å². The Morgan fingerprint density at radius 2 is 1.37 bits per heavy atom. The topological polar surface area (TPSA) is 61.3 Å². The van der Waals surface area contributed by atoms with Crippen LogP contribution in [0.15, 0.2) is 60.9 Å². The van der Waals surface area contributed by atoms with E-state index < -0.39 is 6.10 Å². The predicted octanol–water partition coefficient (Wildman–Crippen LogP) is 7.43. The number of aromatic nitrogens is 2. The Bertz CT molecular complexity index is 1010. The average Bonchev–Trinajstić information content (AvgIpc) is 2.89. The quantitative estimate of drug-likeness (QED) is 0.179. The van der Waals surface area contributed by atoms with Gasteiger partial charge in [-0.1, -0.05) is 81.8 Å². The molecule has 0 unspecified atom stereocenters. The van der Waals surface area contributed by atoms with Gasteiger partial charge in [0.25, 0.3) is 0 Å². The van der Waals surface area contributed by atoms with Gasteiger partial charge in [-0.15, -0.1) is 0 Å². The molecule has 0 aliphatic carbocycles. The summed E-state index contributed by atoms with van der Waals surface area (Å²) in [5.74, 6) is 0.967. The van der Waals surface area contributed by atoms with Crippen LogP contribution in [-0.4, -0.2) is 28.6 Å². The van der Waals surface area contributed by atoms with Crippen molar-refractivity contribution in [1.82, 2.24) is 9.97 Å². The number of hydrogen-bond donors (Lipinski definition) is 0. The summed E-state index contributed by atoms with van der Waals surface area (Å²) in [7, 11) is 0. The average molecular weight is 475 g/mol. The van der Waals surface area contributed by atoms with Crippen molar-refractivity contribution >= 4 is 5.97 Å². The number of carbonyl (C=O) groups is 1. The fourth-order valence-electron chi connectivity index (χ4n) is 3.97. The van der Waals surface area contributed by atoms with Gasteiger partial charge in [0.05, 0.1) is 6.61 Å². The van der Waals surface area contributed by atoms with Gasteiger partial charge in [0.15, 0.2) is 11.9 Å². The molecule has 0 saturated carbocycles. The van der Waals surface area contributed by atoms with Crippen LogP contribution in [0.3, 0.4) is 0 Å². The molecule has 0 N–H and O–H groups in total. The lowest BCUT2D eigenvalue weighted by atomic mass is 10.0. The summed E-state index contributed by atoms with van der Waals surface area (Å²) in [6.07, 6.45) is 13.5. The van der Waals surface area contributed by atoms with E-state index in [0.717, 1.165) is 28.9 Å². The molecule has 35 heavy (non-hydrogen) atoms. The van der Waals surface area contributed by atoms with Crippen molar-refractivity contribution in [2.75, 3.05) is 6.61 Å². The van der Waals surface area contributed by atoms with E-state index in [1.807, 2.05) is 36.7 Å². The molecule has 0 aliphatic rings. The number of benzene rings is 2. The van der Waals surface area contributed by atoms with E-state index in [0.29, 0.717) is 12.4 Å². The lowest BCUT2D eigenvalue weighted by Crippen LogP contribution is -2.25. The summed E-state index contributed by atoms with van der Waals surface area (Å²) in [6, 6.07) is 16.2. The molecule has 0 spiro atoms. The van der Waals surface area contributed by atoms with Crippen LogP contribution < -0.4 is 4.74 Å². The molecule has 3 aromatic rings. The Morgan fingerprint density at radius 1 is 0.771 bits per heavy atom. The highest BCUT2D eigenvalue weighted by molar-refractivity contribution is 5.74. The van der Waals surface area contributed by atoms with Crippen molar-refractivity contribution in [3.05, 3.63) is 66.5 Å². The minimum atomic E-state index is -0.648. The summed E-state index contributed by atoms with van der Waals surface area (Å²) in [6.45, 7) is 6.06. The van der Waals surface area contributed by atoms with Crippen LogP contribution in [0.4, 0.5) is 0 Å². The molecular weight excluding hydrogens is 436 g/mol. The van der Waals surface area contributed by atoms with Gasteiger partial charge >= 0.3 is 5.97 Å². The zero-order valence-electron chi connectivity index (χ0n) is 21.3. The van der Waals surface area contributed by atoms with Gasteiger partial charge in [0, 0.05) is 23.5 Å². The number of rotatable bonds is 14. The van der Waals surface area contributed by atoms with E-state index in [9.17, 15) is 4.79 Å². The minimum absolute atomic E-state index is 0.338. The zero-order valence-corrected chi connectivity index (χ0v) is 21.3. The fourth-order valence-corrected chi connectivity index (χ4v) is 3.97. The largest absolute Gasteiger partial charge is 0.479 e. The molecule has 3 rings (SSSR count). The van der Waals surface area contributed by atoms with Gasteiger partial charge in [-0.05, 0) is 49.9 Å². The van der Waals surface area contributed by atoms with Crippen LogP contribution in [0.1, 0.15) is 71.3 Å². The molecule has 0 amide bonds. The summed E-state index contributed by atoms with van der Waals surface area (Å²) in [5.41, 5.74) is 4.31. The van der Waals surface area contributed by atoms with Gasteiger partial charge < -0.3 is 9.47 Å². The molecule has 5 heteroatoms. The Balaban J connectivity index is 1.51. The Hall–Kier alpha value is -3.21. The lowest BCUT2D eigenvalue weighted by Gasteiger charge is -2.13. The van der Waals surface area contributed by atoms with Crippen molar-refractivity contribution in [3.8, 4) is 28.3 Å². The predicted molar refractivity (Wildman–Crippen MR) is 141 cm³/mol. The first kappa shape index (κ1) is 26.4. The molecule has 1 heterocycles. The smallest absolute Gasteiger partial charge is 0.347 e. The van der Waals surface area contributed by atoms with Crippen molar-refractivity contribution in [3.63, 3.8) is 0 Å². The van der Waals surface area contributed by atoms with E-state index in [4.69, 9.17) is 9.47 Å². The number of esters is 1. The Labute approximate surface area is 209 Å². The van der Waals surface area contributed by atoms with E-state index in [-0.39, 0.29) is 5.97 Å². The molecule has 0 fully saturated rings. The monoisotopic (exact) mass is 474 g/mol. The van der Waals surface area contributed by atoms with Gasteiger partial charge in [0.1, 0.15) is 5.75 Å². The first-order valence-electron chi connectivity index (χ1n) is 13.0. The van der Waals surface area contributed by atoms with Crippen molar-refractivity contribution < 1.29 is 14.3 Å². The van der Waals surface area contributed by atoms with Gasteiger partial charge in [-0.2, -0.15) is 0 Å². The number of unbranched alkanes of at least 4 members (excludes halogenated alkanes) is 6. The molecule has 0 radical (unpaired) electrons. The summed E-state index contributed by atoms with van der Waals surface area (Å²) in [4.78, 5) is 20.9. The fraction of sp³-hybridized carbons (Fsp3) is 0.433. The number of hydrogen-bond acceptors (Lipinski definition) is 5. The standard InChI is InChI=1S/C30H38N2O3/c1-4-6-7-8-9-10-11-12-24-13-15-26(16-14-24)29-31-21-27(22-32-29)25-17-19-28(20-18-25)35-23(3)30(33)34-5-2/h13-23H,4-12H2,1-3H3/t23-/m1/s1. The molecular formula is C30H38N2O3. The molecule has 186 valence electrons.